The second kappa shape index (κ2) is 13.9. The first-order valence-corrected chi connectivity index (χ1v) is 16.4. The zero-order valence-electron chi connectivity index (χ0n) is 23.1. The summed E-state index contributed by atoms with van der Waals surface area (Å²) in [6, 6.07) is 14.7. The average molecular weight is 671 g/mol. The summed E-state index contributed by atoms with van der Waals surface area (Å²) in [5.74, 6) is -0.953. The Morgan fingerprint density at radius 3 is 2.19 bits per heavy atom. The van der Waals surface area contributed by atoms with Gasteiger partial charge in [-0.25, -0.2) is 8.42 Å². The van der Waals surface area contributed by atoms with Gasteiger partial charge in [-0.15, -0.1) is 0 Å². The maximum absolute atomic E-state index is 14.1. The summed E-state index contributed by atoms with van der Waals surface area (Å²) in [6.07, 6.45) is 3.79. The molecule has 3 aromatic carbocycles. The second-order valence-corrected chi connectivity index (χ2v) is 13.9. The van der Waals surface area contributed by atoms with Crippen molar-refractivity contribution in [3.63, 3.8) is 0 Å². The smallest absolute Gasteiger partial charge is 0.264 e. The van der Waals surface area contributed by atoms with Crippen molar-refractivity contribution in [2.75, 3.05) is 10.8 Å². The lowest BCUT2D eigenvalue weighted by atomic mass is 10.1. The highest BCUT2D eigenvalue weighted by Gasteiger charge is 2.34. The highest BCUT2D eigenvalue weighted by molar-refractivity contribution is 7.92. The average Bonchev–Trinajstić information content (AvgIpc) is 3.46. The van der Waals surface area contributed by atoms with E-state index in [0.29, 0.717) is 15.6 Å². The Labute approximate surface area is 266 Å². The van der Waals surface area contributed by atoms with Crippen molar-refractivity contribution in [1.82, 2.24) is 10.2 Å². The number of amides is 2. The minimum atomic E-state index is -4.28. The van der Waals surface area contributed by atoms with E-state index in [4.69, 9.17) is 46.4 Å². The van der Waals surface area contributed by atoms with Crippen LogP contribution in [0.3, 0.4) is 0 Å². The van der Waals surface area contributed by atoms with Gasteiger partial charge in [0.05, 0.1) is 25.7 Å². The van der Waals surface area contributed by atoms with E-state index in [1.165, 1.54) is 35.2 Å². The molecule has 1 aliphatic rings. The maximum atomic E-state index is 14.1. The van der Waals surface area contributed by atoms with Crippen LogP contribution < -0.4 is 9.62 Å². The number of sulfonamides is 1. The van der Waals surface area contributed by atoms with Gasteiger partial charge in [0.1, 0.15) is 12.6 Å². The monoisotopic (exact) mass is 669 g/mol. The summed E-state index contributed by atoms with van der Waals surface area (Å²) in [5.41, 5.74) is 1.52. The molecular weight excluding hydrogens is 640 g/mol. The van der Waals surface area contributed by atoms with Gasteiger partial charge in [-0.2, -0.15) is 0 Å². The van der Waals surface area contributed by atoms with E-state index >= 15 is 0 Å². The molecule has 0 saturated heterocycles. The maximum Gasteiger partial charge on any atom is 0.264 e. The van der Waals surface area contributed by atoms with Gasteiger partial charge in [-0.3, -0.25) is 13.9 Å². The number of nitrogens with one attached hydrogen (secondary N) is 1. The molecular formula is C30H31Cl4N3O4S. The standard InChI is InChI=1S/C30H31Cl4N3O4S/c1-19-7-11-24(12-8-19)42(40,41)37(28-16-22(31)10-14-26(28)33)18-29(38)36(17-21-9-13-25(32)27(34)15-21)20(2)30(39)35-23-5-3-4-6-23/h7-16,20,23H,3-6,17-18H2,1-2H3,(H,35,39). The van der Waals surface area contributed by atoms with Gasteiger partial charge < -0.3 is 10.2 Å². The van der Waals surface area contributed by atoms with E-state index in [1.54, 1.807) is 37.3 Å². The molecule has 1 unspecified atom stereocenters. The van der Waals surface area contributed by atoms with E-state index in [-0.39, 0.29) is 39.1 Å². The number of carbonyl (C=O) groups is 2. The summed E-state index contributed by atoms with van der Waals surface area (Å²) in [6.45, 7) is 2.80. The molecule has 4 rings (SSSR count). The minimum Gasteiger partial charge on any atom is -0.352 e. The van der Waals surface area contributed by atoms with Crippen molar-refractivity contribution < 1.29 is 18.0 Å². The zero-order chi connectivity index (χ0) is 30.6. The number of carbonyl (C=O) groups excluding carboxylic acids is 2. The van der Waals surface area contributed by atoms with E-state index in [2.05, 4.69) is 5.32 Å². The Kier molecular flexibility index (Phi) is 10.7. The van der Waals surface area contributed by atoms with Crippen molar-refractivity contribution in [2.24, 2.45) is 0 Å². The van der Waals surface area contributed by atoms with E-state index in [1.807, 2.05) is 6.92 Å². The molecule has 224 valence electrons. The van der Waals surface area contributed by atoms with Crippen molar-refractivity contribution in [1.29, 1.82) is 0 Å². The van der Waals surface area contributed by atoms with Crippen LogP contribution in [-0.2, 0) is 26.2 Å². The quantitative estimate of drug-likeness (QED) is 0.246. The first-order chi connectivity index (χ1) is 19.9. The summed E-state index contributed by atoms with van der Waals surface area (Å²) in [7, 11) is -4.28. The van der Waals surface area contributed by atoms with Gasteiger partial charge in [-0.1, -0.05) is 83.0 Å². The molecule has 1 aliphatic carbocycles. The molecule has 0 aromatic heterocycles. The van der Waals surface area contributed by atoms with Crippen LogP contribution in [0.1, 0.15) is 43.7 Å². The highest BCUT2D eigenvalue weighted by Crippen LogP contribution is 2.33. The Balaban J connectivity index is 1.73. The van der Waals surface area contributed by atoms with Gasteiger partial charge in [0.15, 0.2) is 0 Å². The van der Waals surface area contributed by atoms with Crippen LogP contribution in [0.4, 0.5) is 5.69 Å². The van der Waals surface area contributed by atoms with Crippen LogP contribution in [0, 0.1) is 6.92 Å². The van der Waals surface area contributed by atoms with Crippen molar-refractivity contribution in [2.45, 2.75) is 63.1 Å². The third-order valence-electron chi connectivity index (χ3n) is 7.27. The van der Waals surface area contributed by atoms with Crippen LogP contribution in [-0.4, -0.2) is 43.8 Å². The molecule has 0 bridgehead atoms. The third-order valence-corrected chi connectivity index (χ3v) is 10.3. The van der Waals surface area contributed by atoms with Crippen LogP contribution in [0.25, 0.3) is 0 Å². The molecule has 0 radical (unpaired) electrons. The fourth-order valence-corrected chi connectivity index (χ4v) is 7.02. The Bertz CT molecular complexity index is 1560. The van der Waals surface area contributed by atoms with Crippen molar-refractivity contribution in [3.8, 4) is 0 Å². The first kappa shape index (κ1) is 32.4. The van der Waals surface area contributed by atoms with Gasteiger partial charge in [0.2, 0.25) is 11.8 Å². The molecule has 3 aromatic rings. The first-order valence-electron chi connectivity index (χ1n) is 13.4. The lowest BCUT2D eigenvalue weighted by molar-refractivity contribution is -0.139. The molecule has 0 spiro atoms. The van der Waals surface area contributed by atoms with E-state index in [0.717, 1.165) is 35.6 Å². The summed E-state index contributed by atoms with van der Waals surface area (Å²) in [5, 5.41) is 3.99. The molecule has 7 nitrogen and oxygen atoms in total. The molecule has 1 fully saturated rings. The zero-order valence-corrected chi connectivity index (χ0v) is 27.0. The molecule has 42 heavy (non-hydrogen) atoms. The number of hydrogen-bond donors (Lipinski definition) is 1. The lowest BCUT2D eigenvalue weighted by Crippen LogP contribution is -2.52. The molecule has 1 saturated carbocycles. The fourth-order valence-electron chi connectivity index (χ4n) is 4.84. The number of halogens is 4. The number of benzene rings is 3. The largest absolute Gasteiger partial charge is 0.352 e. The number of hydrogen-bond acceptors (Lipinski definition) is 4. The van der Waals surface area contributed by atoms with Crippen LogP contribution >= 0.6 is 46.4 Å². The van der Waals surface area contributed by atoms with Crippen LogP contribution in [0.15, 0.2) is 65.6 Å². The Morgan fingerprint density at radius 2 is 1.55 bits per heavy atom. The third kappa shape index (κ3) is 7.71. The lowest BCUT2D eigenvalue weighted by Gasteiger charge is -2.32. The van der Waals surface area contributed by atoms with Gasteiger partial charge in [0, 0.05) is 17.6 Å². The van der Waals surface area contributed by atoms with Crippen molar-refractivity contribution in [3.05, 3.63) is 91.9 Å². The van der Waals surface area contributed by atoms with E-state index < -0.39 is 28.5 Å². The second-order valence-electron chi connectivity index (χ2n) is 10.4. The number of rotatable bonds is 10. The molecule has 0 aliphatic heterocycles. The van der Waals surface area contributed by atoms with Gasteiger partial charge in [-0.05, 0) is 74.7 Å². The van der Waals surface area contributed by atoms with Crippen LogP contribution in [0.2, 0.25) is 20.1 Å². The predicted octanol–water partition coefficient (Wildman–Crippen LogP) is 7.28. The number of nitrogens with zero attached hydrogens (tertiary/aromatic N) is 2. The van der Waals surface area contributed by atoms with Gasteiger partial charge in [0.25, 0.3) is 10.0 Å². The summed E-state index contributed by atoms with van der Waals surface area (Å²) >= 11 is 25.0. The summed E-state index contributed by atoms with van der Waals surface area (Å²) in [4.78, 5) is 28.7. The fraction of sp³-hybridized carbons (Fsp3) is 0.333. The molecule has 12 heteroatoms. The molecule has 1 atom stereocenters. The van der Waals surface area contributed by atoms with Crippen molar-refractivity contribution >= 4 is 73.9 Å². The van der Waals surface area contributed by atoms with E-state index in [9.17, 15) is 18.0 Å². The van der Waals surface area contributed by atoms with Crippen LogP contribution in [0.5, 0.6) is 0 Å². The predicted molar refractivity (Wildman–Crippen MR) is 169 cm³/mol. The Morgan fingerprint density at radius 1 is 0.905 bits per heavy atom. The number of aryl methyl sites for hydroxylation is 1. The number of anilines is 1. The summed E-state index contributed by atoms with van der Waals surface area (Å²) < 4.78 is 28.9. The highest BCUT2D eigenvalue weighted by atomic mass is 35.5. The van der Waals surface area contributed by atoms with Gasteiger partial charge >= 0.3 is 0 Å². The SMILES string of the molecule is Cc1ccc(S(=O)(=O)N(CC(=O)N(Cc2ccc(Cl)c(Cl)c2)C(C)C(=O)NC2CCCC2)c2cc(Cl)ccc2Cl)cc1. The molecule has 2 amide bonds. The molecule has 1 N–H and O–H groups in total. The topological polar surface area (TPSA) is 86.8 Å². The molecule has 0 heterocycles. The normalized spacial score (nSPS) is 14.4. The Hall–Kier alpha value is -2.49. The minimum absolute atomic E-state index is 0.0172.